The second kappa shape index (κ2) is 5.12. The van der Waals surface area contributed by atoms with Crippen molar-refractivity contribution in [2.75, 3.05) is 27.2 Å². The Hall–Kier alpha value is -1.93. The minimum Gasteiger partial charge on any atom is -0.325 e. The third-order valence-electron chi connectivity index (χ3n) is 4.23. The van der Waals surface area contributed by atoms with Gasteiger partial charge in [-0.25, -0.2) is 0 Å². The van der Waals surface area contributed by atoms with E-state index in [0.29, 0.717) is 0 Å². The maximum atomic E-state index is 12.8. The lowest BCUT2D eigenvalue weighted by Gasteiger charge is -2.31. The molecule has 0 aliphatic heterocycles. The molecule has 0 N–H and O–H groups in total. The first-order chi connectivity index (χ1) is 10.0. The minimum absolute atomic E-state index is 0.196. The molecular weight excluding hydrogens is 258 g/mol. The number of ketones is 1. The minimum atomic E-state index is 0.196. The Morgan fingerprint density at radius 1 is 1.05 bits per heavy atom. The third kappa shape index (κ3) is 2.52. The van der Waals surface area contributed by atoms with Crippen molar-refractivity contribution in [2.45, 2.75) is 13.3 Å². The predicted molar refractivity (Wildman–Crippen MR) is 88.4 cm³/mol. The number of hydrogen-bond acceptors (Lipinski definition) is 1. The molecule has 2 nitrogen and oxygen atoms in total. The van der Waals surface area contributed by atoms with Crippen LogP contribution in [-0.2, 0) is 0 Å². The van der Waals surface area contributed by atoms with Gasteiger partial charge in [-0.3, -0.25) is 4.79 Å². The van der Waals surface area contributed by atoms with Crippen molar-refractivity contribution in [1.29, 1.82) is 0 Å². The first-order valence-electron chi connectivity index (χ1n) is 7.61. The Morgan fingerprint density at radius 3 is 2.48 bits per heavy atom. The molecule has 0 heterocycles. The van der Waals surface area contributed by atoms with E-state index < -0.39 is 0 Å². The van der Waals surface area contributed by atoms with Crippen molar-refractivity contribution in [1.82, 2.24) is 0 Å². The Morgan fingerprint density at radius 2 is 1.76 bits per heavy atom. The molecule has 0 fully saturated rings. The van der Waals surface area contributed by atoms with E-state index in [1.54, 1.807) is 0 Å². The average molecular weight is 280 g/mol. The highest BCUT2D eigenvalue weighted by molar-refractivity contribution is 6.22. The smallest absolute Gasteiger partial charge is 0.195 e. The van der Waals surface area contributed by atoms with Crippen molar-refractivity contribution in [2.24, 2.45) is 0 Å². The molecule has 2 aromatic carbocycles. The molecule has 0 aromatic heterocycles. The molecule has 0 saturated heterocycles. The number of likely N-dealkylation sites (N-methyl/N-ethyl adjacent to an activating group) is 1. The van der Waals surface area contributed by atoms with Gasteiger partial charge in [-0.15, -0.1) is 0 Å². The van der Waals surface area contributed by atoms with E-state index in [2.05, 4.69) is 51.4 Å². The number of carbonyl (C=O) groups is 1. The maximum absolute atomic E-state index is 12.8. The molecule has 0 unspecified atom stereocenters. The van der Waals surface area contributed by atoms with E-state index in [4.69, 9.17) is 0 Å². The first kappa shape index (κ1) is 14.0. The van der Waals surface area contributed by atoms with E-state index in [9.17, 15) is 4.79 Å². The summed E-state index contributed by atoms with van der Waals surface area (Å²) in [5.41, 5.74) is 2.96. The summed E-state index contributed by atoms with van der Waals surface area (Å²) in [7, 11) is 4.39. The highest BCUT2D eigenvalue weighted by atomic mass is 16.1. The van der Waals surface area contributed by atoms with E-state index in [1.807, 2.05) is 12.1 Å². The van der Waals surface area contributed by atoms with Crippen LogP contribution in [0.2, 0.25) is 0 Å². The van der Waals surface area contributed by atoms with Crippen LogP contribution >= 0.6 is 0 Å². The Balaban J connectivity index is 2.08. The predicted octanol–water partition coefficient (Wildman–Crippen LogP) is 3.91. The van der Waals surface area contributed by atoms with Crippen LogP contribution in [-0.4, -0.2) is 37.5 Å². The van der Waals surface area contributed by atoms with E-state index in [0.717, 1.165) is 45.9 Å². The molecule has 108 valence electrons. The third-order valence-corrected chi connectivity index (χ3v) is 4.23. The number of hydrogen-bond donors (Lipinski definition) is 0. The van der Waals surface area contributed by atoms with Crippen molar-refractivity contribution < 1.29 is 9.28 Å². The first-order valence-corrected chi connectivity index (χ1v) is 7.61. The van der Waals surface area contributed by atoms with Gasteiger partial charge in [0.1, 0.15) is 6.54 Å². The van der Waals surface area contributed by atoms with Gasteiger partial charge in [0.25, 0.3) is 0 Å². The lowest BCUT2D eigenvalue weighted by Crippen LogP contribution is -2.43. The topological polar surface area (TPSA) is 17.1 Å². The normalized spacial score (nSPS) is 14.4. The highest BCUT2D eigenvalue weighted by Gasteiger charge is 2.26. The van der Waals surface area contributed by atoms with Gasteiger partial charge in [-0.05, 0) is 23.4 Å². The van der Waals surface area contributed by atoms with E-state index in [1.165, 1.54) is 5.56 Å². The number of quaternary nitrogens is 1. The number of Topliss-reactive ketones (excluding diaryl/α,β-unsaturated/α-hetero) is 1. The molecule has 0 spiro atoms. The van der Waals surface area contributed by atoms with Gasteiger partial charge in [0.15, 0.2) is 5.78 Å². The molecular formula is C19H22NO+. The molecule has 0 amide bonds. The highest BCUT2D eigenvalue weighted by Crippen LogP contribution is 2.31. The fraction of sp³-hybridized carbons (Fsp3) is 0.316. The van der Waals surface area contributed by atoms with Crippen LogP contribution < -0.4 is 0 Å². The summed E-state index contributed by atoms with van der Waals surface area (Å²) < 4.78 is 0.853. The van der Waals surface area contributed by atoms with Crippen LogP contribution in [0, 0.1) is 0 Å². The monoisotopic (exact) mass is 280 g/mol. The van der Waals surface area contributed by atoms with Crippen molar-refractivity contribution in [3.05, 3.63) is 53.1 Å². The van der Waals surface area contributed by atoms with Gasteiger partial charge in [0.05, 0.1) is 26.2 Å². The molecule has 2 heteroatoms. The van der Waals surface area contributed by atoms with Crippen molar-refractivity contribution in [3.63, 3.8) is 0 Å². The molecule has 2 aromatic rings. The Bertz CT molecular complexity index is 735. The van der Waals surface area contributed by atoms with E-state index in [-0.39, 0.29) is 5.78 Å². The van der Waals surface area contributed by atoms with Crippen LogP contribution in [0.3, 0.4) is 0 Å². The molecule has 0 bridgehead atoms. The SMILES string of the molecule is CCC[N+](C)(C)CC1=Cc2cccc3cccc(c23)C1=O. The van der Waals surface area contributed by atoms with Crippen molar-refractivity contribution >= 4 is 22.6 Å². The van der Waals surface area contributed by atoms with Gasteiger partial charge in [0, 0.05) is 10.9 Å². The summed E-state index contributed by atoms with van der Waals surface area (Å²) in [6, 6.07) is 12.3. The van der Waals surface area contributed by atoms with Gasteiger partial charge in [-0.1, -0.05) is 43.3 Å². The number of carbonyl (C=O) groups excluding carboxylic acids is 1. The van der Waals surface area contributed by atoms with Gasteiger partial charge in [-0.2, -0.15) is 0 Å². The second-order valence-corrected chi connectivity index (χ2v) is 6.57. The van der Waals surface area contributed by atoms with Gasteiger partial charge >= 0.3 is 0 Å². The van der Waals surface area contributed by atoms with Gasteiger partial charge in [0.2, 0.25) is 0 Å². The molecule has 21 heavy (non-hydrogen) atoms. The molecule has 1 aliphatic rings. The molecule has 1 aliphatic carbocycles. The molecule has 3 rings (SSSR count). The number of rotatable bonds is 4. The summed E-state index contributed by atoms with van der Waals surface area (Å²) >= 11 is 0. The zero-order valence-electron chi connectivity index (χ0n) is 13.0. The van der Waals surface area contributed by atoms with E-state index >= 15 is 0 Å². The lowest BCUT2D eigenvalue weighted by atomic mass is 9.87. The largest absolute Gasteiger partial charge is 0.325 e. The summed E-state index contributed by atoms with van der Waals surface area (Å²) in [6.45, 7) is 4.06. The van der Waals surface area contributed by atoms with Crippen LogP contribution in [0.15, 0.2) is 42.0 Å². The Labute approximate surface area is 126 Å². The van der Waals surface area contributed by atoms with Gasteiger partial charge < -0.3 is 4.48 Å². The summed E-state index contributed by atoms with van der Waals surface area (Å²) in [5.74, 6) is 0.196. The van der Waals surface area contributed by atoms with Crippen LogP contribution in [0.5, 0.6) is 0 Å². The summed E-state index contributed by atoms with van der Waals surface area (Å²) in [4.78, 5) is 12.8. The van der Waals surface area contributed by atoms with Crippen LogP contribution in [0.25, 0.3) is 16.8 Å². The van der Waals surface area contributed by atoms with Crippen molar-refractivity contribution in [3.8, 4) is 0 Å². The lowest BCUT2D eigenvalue weighted by molar-refractivity contribution is -0.885. The second-order valence-electron chi connectivity index (χ2n) is 6.57. The fourth-order valence-electron chi connectivity index (χ4n) is 3.37. The van der Waals surface area contributed by atoms with Crippen LogP contribution in [0.1, 0.15) is 29.3 Å². The summed E-state index contributed by atoms with van der Waals surface area (Å²) in [5, 5.41) is 2.26. The molecule has 0 saturated carbocycles. The fourth-order valence-corrected chi connectivity index (χ4v) is 3.37. The zero-order valence-corrected chi connectivity index (χ0v) is 13.0. The summed E-state index contributed by atoms with van der Waals surface area (Å²) in [6.07, 6.45) is 3.22. The number of nitrogens with zero attached hydrogens (tertiary/aromatic N) is 1. The Kier molecular flexibility index (Phi) is 3.42. The quantitative estimate of drug-likeness (QED) is 0.776. The average Bonchev–Trinajstić information content (AvgIpc) is 2.44. The standard InChI is InChI=1S/C19H22NO/c1-4-11-20(2,3)13-16-12-15-9-5-7-14-8-6-10-17(18(14)15)19(16)21/h5-10,12H,4,11,13H2,1-3H3/q+1. The maximum Gasteiger partial charge on any atom is 0.195 e. The van der Waals surface area contributed by atoms with Crippen LogP contribution in [0.4, 0.5) is 0 Å². The zero-order chi connectivity index (χ0) is 15.0. The molecule has 0 radical (unpaired) electrons. The molecule has 0 atom stereocenters. The number of benzene rings is 2.